The van der Waals surface area contributed by atoms with Crippen LogP contribution in [0, 0.1) is 29.1 Å². The Balaban J connectivity index is 1.80. The molecule has 4 nitrogen and oxygen atoms in total. The Hall–Kier alpha value is -0.940. The van der Waals surface area contributed by atoms with Gasteiger partial charge in [0.25, 0.3) is 0 Å². The second-order valence-electron chi connectivity index (χ2n) is 12.3. The number of aliphatic hydroxyl groups excluding tert-OH is 3. The zero-order valence-electron chi connectivity index (χ0n) is 21.4. The van der Waals surface area contributed by atoms with E-state index in [2.05, 4.69) is 32.6 Å². The molecule has 33 heavy (non-hydrogen) atoms. The molecule has 3 aliphatic carbocycles. The van der Waals surface area contributed by atoms with Gasteiger partial charge in [0.15, 0.2) is 0 Å². The van der Waals surface area contributed by atoms with Crippen molar-refractivity contribution in [1.82, 2.24) is 0 Å². The minimum absolute atomic E-state index is 0.235. The summed E-state index contributed by atoms with van der Waals surface area (Å²) < 4.78 is 0. The standard InChI is InChI=1S/C29H48O4/c1-19(7-6-13-28(3,4)33)25-10-11-26-23(15-21(12-14-30)18-29(25,26)5)9-8-22-16-24(31)17-27(32)20(22)2/h8-9,19,21,24-27,30-33H,2,6-7,10-18H2,1,3-5H3/b22-8+,23-9+/t19-,21-,24-,25-,26+,27+,29-/m1/s1. The first-order valence-electron chi connectivity index (χ1n) is 13.2. The van der Waals surface area contributed by atoms with Crippen LogP contribution >= 0.6 is 0 Å². The molecule has 4 heteroatoms. The van der Waals surface area contributed by atoms with Gasteiger partial charge in [-0.15, -0.1) is 0 Å². The Morgan fingerprint density at radius 3 is 2.58 bits per heavy atom. The van der Waals surface area contributed by atoms with Crippen molar-refractivity contribution in [3.8, 4) is 0 Å². The molecule has 0 saturated heterocycles. The molecule has 0 aliphatic heterocycles. The van der Waals surface area contributed by atoms with E-state index in [1.165, 1.54) is 24.8 Å². The lowest BCUT2D eigenvalue weighted by atomic mass is 9.57. The van der Waals surface area contributed by atoms with Crippen LogP contribution in [-0.2, 0) is 0 Å². The van der Waals surface area contributed by atoms with Crippen molar-refractivity contribution in [2.24, 2.45) is 29.1 Å². The number of allylic oxidation sites excluding steroid dienone is 3. The summed E-state index contributed by atoms with van der Waals surface area (Å²) in [5.74, 6) is 2.34. The van der Waals surface area contributed by atoms with Gasteiger partial charge in [0.1, 0.15) is 0 Å². The van der Waals surface area contributed by atoms with Gasteiger partial charge in [0, 0.05) is 13.0 Å². The minimum Gasteiger partial charge on any atom is -0.396 e. The predicted octanol–water partition coefficient (Wildman–Crippen LogP) is 5.31. The van der Waals surface area contributed by atoms with Crippen LogP contribution < -0.4 is 0 Å². The van der Waals surface area contributed by atoms with E-state index < -0.39 is 17.8 Å². The molecule has 0 aromatic carbocycles. The first kappa shape index (κ1) is 26.7. The molecule has 7 atom stereocenters. The molecule has 3 saturated carbocycles. The molecular formula is C29H48O4. The van der Waals surface area contributed by atoms with Gasteiger partial charge in [-0.2, -0.15) is 0 Å². The molecular weight excluding hydrogens is 412 g/mol. The molecule has 0 aromatic heterocycles. The Labute approximate surface area is 201 Å². The topological polar surface area (TPSA) is 80.9 Å². The van der Waals surface area contributed by atoms with Gasteiger partial charge in [-0.25, -0.2) is 0 Å². The predicted molar refractivity (Wildman–Crippen MR) is 135 cm³/mol. The molecule has 0 spiro atoms. The summed E-state index contributed by atoms with van der Waals surface area (Å²) in [6, 6.07) is 0. The molecule has 188 valence electrons. The third kappa shape index (κ3) is 6.39. The summed E-state index contributed by atoms with van der Waals surface area (Å²) in [7, 11) is 0. The van der Waals surface area contributed by atoms with Gasteiger partial charge in [-0.05, 0) is 99.0 Å². The lowest BCUT2D eigenvalue weighted by Crippen LogP contribution is -2.39. The fourth-order valence-electron chi connectivity index (χ4n) is 7.36. The highest BCUT2D eigenvalue weighted by Crippen LogP contribution is 2.61. The van der Waals surface area contributed by atoms with E-state index in [1.807, 2.05) is 13.8 Å². The van der Waals surface area contributed by atoms with Crippen LogP contribution in [0.3, 0.4) is 0 Å². The number of hydrogen-bond acceptors (Lipinski definition) is 4. The van der Waals surface area contributed by atoms with Crippen molar-refractivity contribution in [1.29, 1.82) is 0 Å². The van der Waals surface area contributed by atoms with Crippen molar-refractivity contribution in [2.75, 3.05) is 6.61 Å². The van der Waals surface area contributed by atoms with Crippen LogP contribution in [0.15, 0.2) is 35.5 Å². The van der Waals surface area contributed by atoms with E-state index in [4.69, 9.17) is 0 Å². The summed E-state index contributed by atoms with van der Waals surface area (Å²) >= 11 is 0. The van der Waals surface area contributed by atoms with Crippen LogP contribution in [0.2, 0.25) is 0 Å². The summed E-state index contributed by atoms with van der Waals surface area (Å²) in [6.07, 6.45) is 12.7. The van der Waals surface area contributed by atoms with E-state index in [-0.39, 0.29) is 12.0 Å². The van der Waals surface area contributed by atoms with Gasteiger partial charge >= 0.3 is 0 Å². The molecule has 0 aromatic rings. The molecule has 0 amide bonds. The fraction of sp³-hybridized carbons (Fsp3) is 0.793. The molecule has 4 N–H and O–H groups in total. The number of aliphatic hydroxyl groups is 4. The SMILES string of the molecule is C=C1/C(=C/C=C2\C[C@@H](CCO)C[C@]3(C)[C@@H]([C@H](C)CCCC(C)(C)O)CC[C@@H]23)C[C@@H](O)C[C@@H]1O. The van der Waals surface area contributed by atoms with Crippen molar-refractivity contribution in [3.05, 3.63) is 35.5 Å². The van der Waals surface area contributed by atoms with E-state index in [0.717, 1.165) is 43.3 Å². The highest BCUT2D eigenvalue weighted by molar-refractivity contribution is 5.38. The number of fused-ring (bicyclic) bond motifs is 1. The first-order chi connectivity index (χ1) is 15.4. The van der Waals surface area contributed by atoms with Gasteiger partial charge in [0.2, 0.25) is 0 Å². The maximum Gasteiger partial charge on any atom is 0.0811 e. The number of hydrogen-bond donors (Lipinski definition) is 4. The third-order valence-corrected chi connectivity index (χ3v) is 9.05. The lowest BCUT2D eigenvalue weighted by Gasteiger charge is -2.47. The lowest BCUT2D eigenvalue weighted by molar-refractivity contribution is 0.0486. The summed E-state index contributed by atoms with van der Waals surface area (Å²) in [5, 5.41) is 40.1. The molecule has 0 heterocycles. The summed E-state index contributed by atoms with van der Waals surface area (Å²) in [4.78, 5) is 0. The highest BCUT2D eigenvalue weighted by Gasteiger charge is 2.52. The van der Waals surface area contributed by atoms with Crippen molar-refractivity contribution >= 4 is 0 Å². The second kappa shape index (κ2) is 10.8. The maximum atomic E-state index is 10.2. The summed E-state index contributed by atoms with van der Waals surface area (Å²) in [6.45, 7) is 13.0. The van der Waals surface area contributed by atoms with Crippen LogP contribution in [0.25, 0.3) is 0 Å². The second-order valence-corrected chi connectivity index (χ2v) is 12.3. The van der Waals surface area contributed by atoms with Crippen LogP contribution in [-0.4, -0.2) is 44.8 Å². The number of rotatable bonds is 8. The van der Waals surface area contributed by atoms with Gasteiger partial charge < -0.3 is 20.4 Å². The van der Waals surface area contributed by atoms with Crippen molar-refractivity contribution in [3.63, 3.8) is 0 Å². The normalized spacial score (nSPS) is 38.7. The highest BCUT2D eigenvalue weighted by atomic mass is 16.3. The van der Waals surface area contributed by atoms with Crippen LogP contribution in [0.4, 0.5) is 0 Å². The first-order valence-corrected chi connectivity index (χ1v) is 13.2. The van der Waals surface area contributed by atoms with E-state index in [1.54, 1.807) is 0 Å². The molecule has 3 rings (SSSR count). The van der Waals surface area contributed by atoms with Crippen LogP contribution in [0.5, 0.6) is 0 Å². The third-order valence-electron chi connectivity index (χ3n) is 9.05. The molecule has 0 bridgehead atoms. The van der Waals surface area contributed by atoms with Crippen molar-refractivity contribution in [2.45, 2.75) is 110 Å². The molecule has 0 unspecified atom stereocenters. The zero-order chi connectivity index (χ0) is 24.4. The van der Waals surface area contributed by atoms with Gasteiger partial charge in [0.05, 0.1) is 17.8 Å². The van der Waals surface area contributed by atoms with E-state index >= 15 is 0 Å². The van der Waals surface area contributed by atoms with E-state index in [9.17, 15) is 20.4 Å². The monoisotopic (exact) mass is 460 g/mol. The Morgan fingerprint density at radius 2 is 1.91 bits per heavy atom. The molecule has 0 radical (unpaired) electrons. The minimum atomic E-state index is -0.655. The van der Waals surface area contributed by atoms with Gasteiger partial charge in [-0.1, -0.05) is 51.0 Å². The zero-order valence-corrected chi connectivity index (χ0v) is 21.4. The Kier molecular flexibility index (Phi) is 8.70. The van der Waals surface area contributed by atoms with Gasteiger partial charge in [-0.3, -0.25) is 0 Å². The largest absolute Gasteiger partial charge is 0.396 e. The fourth-order valence-corrected chi connectivity index (χ4v) is 7.36. The maximum absolute atomic E-state index is 10.2. The Morgan fingerprint density at radius 1 is 1.18 bits per heavy atom. The average Bonchev–Trinajstić information content (AvgIpc) is 3.05. The smallest absolute Gasteiger partial charge is 0.0811 e. The molecule has 3 fully saturated rings. The van der Waals surface area contributed by atoms with Crippen molar-refractivity contribution < 1.29 is 20.4 Å². The van der Waals surface area contributed by atoms with Crippen LogP contribution in [0.1, 0.15) is 91.9 Å². The summed E-state index contributed by atoms with van der Waals surface area (Å²) in [5.41, 5.74) is 2.83. The van der Waals surface area contributed by atoms with E-state index in [0.29, 0.717) is 36.5 Å². The quantitative estimate of drug-likeness (QED) is 0.395. The molecule has 3 aliphatic rings. The average molecular weight is 461 g/mol. The Bertz CT molecular complexity index is 745.